The first kappa shape index (κ1) is 53.8. The first-order chi connectivity index (χ1) is 35.0. The summed E-state index contributed by atoms with van der Waals surface area (Å²) in [5.41, 5.74) is 2.19. The number of para-hydroxylation sites is 1. The number of nitrogens with zero attached hydrogens (tertiary/aromatic N) is 7. The van der Waals surface area contributed by atoms with Gasteiger partial charge in [0.1, 0.15) is 23.7 Å². The lowest BCUT2D eigenvalue weighted by atomic mass is 9.72. The maximum Gasteiger partial charge on any atom is 0.341 e. The number of imide groups is 2. The normalized spacial score (nSPS) is 18.4. The number of carbonyl (C=O) groups excluding carboxylic acids is 6. The number of benzene rings is 2. The monoisotopic (exact) mass is 992 g/mol. The third-order valence-corrected chi connectivity index (χ3v) is 15.2. The maximum absolute atomic E-state index is 13.5. The van der Waals surface area contributed by atoms with Crippen molar-refractivity contribution in [2.24, 2.45) is 5.41 Å². The van der Waals surface area contributed by atoms with E-state index in [1.807, 2.05) is 19.1 Å². The number of amides is 5. The molecule has 1 unspecified atom stereocenters. The topological polar surface area (TPSA) is 187 Å². The van der Waals surface area contributed by atoms with Crippen molar-refractivity contribution in [2.45, 2.75) is 135 Å². The minimum absolute atomic E-state index is 0.240. The van der Waals surface area contributed by atoms with Crippen molar-refractivity contribution in [1.82, 2.24) is 35.3 Å². The number of hydrogen-bond acceptors (Lipinski definition) is 14. The van der Waals surface area contributed by atoms with Gasteiger partial charge in [0.05, 0.1) is 30.1 Å². The van der Waals surface area contributed by atoms with Crippen LogP contribution in [0.25, 0.3) is 0 Å². The number of anilines is 2. The molecular weight excluding hydrogens is 915 g/mol. The van der Waals surface area contributed by atoms with Crippen molar-refractivity contribution in [3.63, 3.8) is 0 Å². The largest absolute Gasteiger partial charge is 0.465 e. The highest BCUT2D eigenvalue weighted by Crippen LogP contribution is 2.45. The van der Waals surface area contributed by atoms with Gasteiger partial charge in [-0.1, -0.05) is 89.3 Å². The molecule has 0 bridgehead atoms. The lowest BCUT2D eigenvalue weighted by molar-refractivity contribution is -0.128. The van der Waals surface area contributed by atoms with E-state index in [-0.39, 0.29) is 5.91 Å². The lowest BCUT2D eigenvalue weighted by Crippen LogP contribution is -2.60. The number of carbonyl (C=O) groups is 6. The van der Waals surface area contributed by atoms with Crippen LogP contribution in [-0.4, -0.2) is 146 Å². The Labute approximate surface area is 425 Å². The summed E-state index contributed by atoms with van der Waals surface area (Å²) in [6, 6.07) is 11.8. The molecule has 72 heavy (non-hydrogen) atoms. The molecule has 8 rings (SSSR count). The summed E-state index contributed by atoms with van der Waals surface area (Å²) in [6.45, 7) is 10.5. The number of rotatable bonds is 22. The van der Waals surface area contributed by atoms with Crippen LogP contribution in [0.2, 0.25) is 0 Å². The fraction of sp³-hybridized carbons (Fsp3) is 0.600. The number of methoxy groups -OCH3 is 1. The molecule has 5 heterocycles. The van der Waals surface area contributed by atoms with Gasteiger partial charge in [0.25, 0.3) is 11.8 Å². The van der Waals surface area contributed by atoms with E-state index in [1.165, 1.54) is 84.1 Å². The van der Waals surface area contributed by atoms with Gasteiger partial charge in [0.15, 0.2) is 11.6 Å². The van der Waals surface area contributed by atoms with Crippen molar-refractivity contribution in [3.8, 4) is 11.5 Å². The van der Waals surface area contributed by atoms with Gasteiger partial charge in [0, 0.05) is 57.1 Å². The Kier molecular flexibility index (Phi) is 19.9. The SMILES string of the molecule is CCCC(C(=O)NC=O)N1C(=O)c2cccc(N3CCN(CCCCCCCCCCC(=O)NC4CCCCC4)CC3)c2C1=O.COC(=O)c1ccccc1Oc1cncnc1N1CC2(CCN(C)CC2)C1. The number of unbranched alkanes of at least 4 members (excludes halogenated alkanes) is 7. The Hall–Kier alpha value is -5.94. The van der Waals surface area contributed by atoms with Gasteiger partial charge in [-0.2, -0.15) is 0 Å². The van der Waals surface area contributed by atoms with E-state index in [4.69, 9.17) is 9.47 Å². The van der Waals surface area contributed by atoms with Crippen LogP contribution in [0.4, 0.5) is 11.5 Å². The van der Waals surface area contributed by atoms with Crippen LogP contribution in [0.15, 0.2) is 55.0 Å². The van der Waals surface area contributed by atoms with Gasteiger partial charge in [-0.15, -0.1) is 0 Å². The van der Waals surface area contributed by atoms with Gasteiger partial charge in [0.2, 0.25) is 18.2 Å². The molecule has 1 aliphatic carbocycles. The molecule has 1 spiro atoms. The van der Waals surface area contributed by atoms with E-state index in [0.29, 0.717) is 65.3 Å². The molecule has 5 aliphatic rings. The molecule has 4 aliphatic heterocycles. The third-order valence-electron chi connectivity index (χ3n) is 15.2. The Morgan fingerprint density at radius 2 is 1.51 bits per heavy atom. The summed E-state index contributed by atoms with van der Waals surface area (Å²) in [4.78, 5) is 93.2. The fourth-order valence-electron chi connectivity index (χ4n) is 11.0. The highest BCUT2D eigenvalue weighted by Gasteiger charge is 2.46. The zero-order valence-corrected chi connectivity index (χ0v) is 42.9. The van der Waals surface area contributed by atoms with Gasteiger partial charge >= 0.3 is 5.97 Å². The minimum atomic E-state index is -1.01. The summed E-state index contributed by atoms with van der Waals surface area (Å²) < 4.78 is 10.9. The second-order valence-electron chi connectivity index (χ2n) is 20.4. The van der Waals surface area contributed by atoms with Crippen LogP contribution >= 0.6 is 0 Å². The number of fused-ring (bicyclic) bond motifs is 1. The highest BCUT2D eigenvalue weighted by molar-refractivity contribution is 6.25. The second-order valence-corrected chi connectivity index (χ2v) is 20.4. The number of esters is 1. The Bertz CT molecular complexity index is 2300. The number of piperidine rings is 1. The molecule has 17 nitrogen and oxygen atoms in total. The molecule has 4 fully saturated rings. The number of ether oxygens (including phenoxy) is 2. The second kappa shape index (κ2) is 26.7. The van der Waals surface area contributed by atoms with Crippen LogP contribution in [-0.2, 0) is 19.1 Å². The number of aromatic nitrogens is 2. The standard InChI is InChI=1S/C35H53N5O5.C20H24N4O3/c1-2-15-30(33(43)36-26-41)40-34(44)28-18-14-19-29(32(28)35(40)45)39-24-22-38(23-25-39)21-13-8-6-4-3-5-7-12-20-31(42)37-27-16-10-9-11-17-27;1-23-9-7-20(8-10-23)12-24(13-20)18-17(11-21-14-22-18)27-16-6-4-3-5-15(16)19(25)26-2/h14,18-19,26-27,30H,2-13,15-17,20-25H2,1H3,(H,37,42)(H,36,41,43);3-6,11,14H,7-10,12-13H2,1-2H3. The number of likely N-dealkylation sites (tertiary alicyclic amines) is 1. The van der Waals surface area contributed by atoms with Crippen LogP contribution in [0.3, 0.4) is 0 Å². The summed E-state index contributed by atoms with van der Waals surface area (Å²) in [7, 11) is 3.54. The minimum Gasteiger partial charge on any atom is -0.465 e. The number of nitrogens with one attached hydrogen (secondary N) is 2. The summed E-state index contributed by atoms with van der Waals surface area (Å²) >= 11 is 0. The van der Waals surface area contributed by atoms with Crippen molar-refractivity contribution < 1.29 is 38.2 Å². The molecular formula is C55H77N9O8. The summed E-state index contributed by atoms with van der Waals surface area (Å²) in [5, 5.41) is 5.33. The smallest absolute Gasteiger partial charge is 0.341 e. The van der Waals surface area contributed by atoms with Crippen LogP contribution in [0.5, 0.6) is 11.5 Å². The maximum atomic E-state index is 13.5. The number of piperazine rings is 1. The number of hydrogen-bond donors (Lipinski definition) is 2. The van der Waals surface area contributed by atoms with E-state index < -0.39 is 29.7 Å². The Morgan fingerprint density at radius 3 is 2.21 bits per heavy atom. The van der Waals surface area contributed by atoms with Crippen molar-refractivity contribution >= 4 is 47.5 Å². The Morgan fingerprint density at radius 1 is 0.819 bits per heavy atom. The average molecular weight is 992 g/mol. The summed E-state index contributed by atoms with van der Waals surface area (Å²) in [5.74, 6) is -0.00905. The van der Waals surface area contributed by atoms with E-state index in [0.717, 1.165) is 101 Å². The van der Waals surface area contributed by atoms with Crippen LogP contribution in [0.1, 0.15) is 154 Å². The zero-order valence-electron chi connectivity index (χ0n) is 42.9. The molecule has 17 heteroatoms. The van der Waals surface area contributed by atoms with E-state index in [9.17, 15) is 28.8 Å². The molecule has 1 saturated carbocycles. The molecule has 2 aromatic carbocycles. The molecule has 1 aromatic heterocycles. The van der Waals surface area contributed by atoms with Gasteiger partial charge in [-0.25, -0.2) is 14.8 Å². The zero-order chi connectivity index (χ0) is 50.9. The van der Waals surface area contributed by atoms with Crippen molar-refractivity contribution in [2.75, 3.05) is 82.9 Å². The van der Waals surface area contributed by atoms with Crippen LogP contribution < -0.4 is 25.2 Å². The molecule has 390 valence electrons. The molecule has 0 radical (unpaired) electrons. The average Bonchev–Trinajstić information content (AvgIpc) is 3.64. The van der Waals surface area contributed by atoms with Gasteiger partial charge in [-0.05, 0) is 95.9 Å². The molecule has 3 saturated heterocycles. The molecule has 5 amide bonds. The predicted octanol–water partition coefficient (Wildman–Crippen LogP) is 7.39. The Balaban J connectivity index is 0.000000238. The first-order valence-corrected chi connectivity index (χ1v) is 26.6. The van der Waals surface area contributed by atoms with E-state index in [2.05, 4.69) is 47.2 Å². The van der Waals surface area contributed by atoms with E-state index >= 15 is 0 Å². The van der Waals surface area contributed by atoms with Gasteiger partial charge < -0.3 is 29.5 Å². The molecule has 1 atom stereocenters. The van der Waals surface area contributed by atoms with Crippen molar-refractivity contribution in [3.05, 3.63) is 71.7 Å². The lowest BCUT2D eigenvalue weighted by Gasteiger charge is -2.54. The highest BCUT2D eigenvalue weighted by atomic mass is 16.5. The quantitative estimate of drug-likeness (QED) is 0.0439. The van der Waals surface area contributed by atoms with Crippen molar-refractivity contribution in [1.29, 1.82) is 0 Å². The predicted molar refractivity (Wildman–Crippen MR) is 276 cm³/mol. The molecule has 3 aromatic rings. The van der Waals surface area contributed by atoms with Gasteiger partial charge in [-0.3, -0.25) is 39.1 Å². The van der Waals surface area contributed by atoms with Crippen LogP contribution in [0, 0.1) is 5.41 Å². The summed E-state index contributed by atoms with van der Waals surface area (Å²) in [6.07, 6.45) is 23.0. The van der Waals surface area contributed by atoms with E-state index in [1.54, 1.807) is 36.5 Å². The fourth-order valence-corrected chi connectivity index (χ4v) is 11.0. The first-order valence-electron chi connectivity index (χ1n) is 26.6. The third kappa shape index (κ3) is 14.0. The molecule has 2 N–H and O–H groups in total.